The van der Waals surface area contributed by atoms with Crippen molar-refractivity contribution in [2.24, 2.45) is 0 Å². The molecule has 0 radical (unpaired) electrons. The maximum Gasteiger partial charge on any atom is 0.253 e. The summed E-state index contributed by atoms with van der Waals surface area (Å²) < 4.78 is 14.2. The van der Waals surface area contributed by atoms with E-state index in [1.54, 1.807) is 12.1 Å². The molecule has 0 saturated heterocycles. The maximum absolute atomic E-state index is 13.5. The number of carbonyl (C=O) groups excluding carboxylic acids is 1. The van der Waals surface area contributed by atoms with E-state index in [0.717, 1.165) is 4.47 Å². The lowest BCUT2D eigenvalue weighted by Gasteiger charge is -2.08. The normalized spacial score (nSPS) is 10.3. The van der Waals surface area contributed by atoms with Crippen molar-refractivity contribution in [1.82, 2.24) is 5.32 Å². The van der Waals surface area contributed by atoms with Gasteiger partial charge in [-0.25, -0.2) is 4.39 Å². The van der Waals surface area contributed by atoms with Gasteiger partial charge in [-0.2, -0.15) is 0 Å². The topological polar surface area (TPSA) is 49.3 Å². The van der Waals surface area contributed by atoms with Crippen LogP contribution in [-0.2, 0) is 6.54 Å². The van der Waals surface area contributed by atoms with Crippen LogP contribution in [0.2, 0.25) is 5.02 Å². The van der Waals surface area contributed by atoms with Crippen LogP contribution in [0.25, 0.3) is 0 Å². The number of nitrogens with one attached hydrogen (secondary N) is 1. The standard InChI is InChI=1S/C14H10BrClFNO2/c15-9-1-4-13(17)8(5-9)7-18-14(20)11-6-10(19)2-3-12(11)16/h1-6,19H,7H2,(H,18,20). The molecule has 0 aliphatic rings. The van der Waals surface area contributed by atoms with Crippen molar-refractivity contribution in [3.8, 4) is 5.75 Å². The number of phenolic OH excluding ortho intramolecular Hbond substituents is 1. The molecule has 0 bridgehead atoms. The molecular weight excluding hydrogens is 349 g/mol. The highest BCUT2D eigenvalue weighted by molar-refractivity contribution is 9.10. The van der Waals surface area contributed by atoms with Gasteiger partial charge in [0.25, 0.3) is 5.91 Å². The molecular formula is C14H10BrClFNO2. The predicted octanol–water partition coefficient (Wildman–Crippen LogP) is 3.88. The van der Waals surface area contributed by atoms with Gasteiger partial charge in [0.15, 0.2) is 0 Å². The molecule has 0 aromatic heterocycles. The fourth-order valence-electron chi connectivity index (χ4n) is 1.64. The van der Waals surface area contributed by atoms with Crippen LogP contribution in [0.1, 0.15) is 15.9 Å². The lowest BCUT2D eigenvalue weighted by molar-refractivity contribution is 0.0950. The fraction of sp³-hybridized carbons (Fsp3) is 0.0714. The number of hydrogen-bond donors (Lipinski definition) is 2. The van der Waals surface area contributed by atoms with Crippen molar-refractivity contribution in [2.45, 2.75) is 6.54 Å². The van der Waals surface area contributed by atoms with E-state index >= 15 is 0 Å². The molecule has 0 fully saturated rings. The minimum absolute atomic E-state index is 0.0239. The van der Waals surface area contributed by atoms with Gasteiger partial charge in [0.2, 0.25) is 0 Å². The molecule has 0 heterocycles. The number of amides is 1. The van der Waals surface area contributed by atoms with Gasteiger partial charge < -0.3 is 10.4 Å². The predicted molar refractivity (Wildman–Crippen MR) is 78.4 cm³/mol. The Hall–Kier alpha value is -1.59. The number of hydrogen-bond acceptors (Lipinski definition) is 2. The van der Waals surface area contributed by atoms with Crippen LogP contribution in [0.15, 0.2) is 40.9 Å². The number of carbonyl (C=O) groups is 1. The molecule has 3 nitrogen and oxygen atoms in total. The van der Waals surface area contributed by atoms with E-state index in [0.29, 0.717) is 5.56 Å². The maximum atomic E-state index is 13.5. The minimum atomic E-state index is -0.481. The highest BCUT2D eigenvalue weighted by atomic mass is 79.9. The summed E-state index contributed by atoms with van der Waals surface area (Å²) in [6.07, 6.45) is 0. The fourth-order valence-corrected chi connectivity index (χ4v) is 2.25. The highest BCUT2D eigenvalue weighted by Gasteiger charge is 2.12. The summed E-state index contributed by atoms with van der Waals surface area (Å²) in [5, 5.41) is 12.1. The van der Waals surface area contributed by atoms with E-state index in [9.17, 15) is 14.3 Å². The smallest absolute Gasteiger partial charge is 0.253 e. The van der Waals surface area contributed by atoms with Crippen LogP contribution in [-0.4, -0.2) is 11.0 Å². The zero-order valence-electron chi connectivity index (χ0n) is 10.2. The molecule has 0 aliphatic heterocycles. The highest BCUT2D eigenvalue weighted by Crippen LogP contribution is 2.21. The molecule has 20 heavy (non-hydrogen) atoms. The van der Waals surface area contributed by atoms with Crippen LogP contribution >= 0.6 is 27.5 Å². The first kappa shape index (κ1) is 14.8. The molecule has 0 unspecified atom stereocenters. The van der Waals surface area contributed by atoms with Crippen molar-refractivity contribution in [2.75, 3.05) is 0 Å². The van der Waals surface area contributed by atoms with E-state index in [1.165, 1.54) is 24.3 Å². The molecule has 0 atom stereocenters. The Morgan fingerprint density at radius 1 is 1.30 bits per heavy atom. The molecule has 0 spiro atoms. The van der Waals surface area contributed by atoms with Crippen LogP contribution in [0.4, 0.5) is 4.39 Å². The Balaban J connectivity index is 2.12. The average molecular weight is 359 g/mol. The quantitative estimate of drug-likeness (QED) is 0.875. The van der Waals surface area contributed by atoms with Gasteiger partial charge in [-0.15, -0.1) is 0 Å². The summed E-state index contributed by atoms with van der Waals surface area (Å²) in [6.45, 7) is 0.0239. The van der Waals surface area contributed by atoms with Crippen LogP contribution in [0.5, 0.6) is 5.75 Å². The van der Waals surface area contributed by atoms with E-state index in [2.05, 4.69) is 21.2 Å². The lowest BCUT2D eigenvalue weighted by atomic mass is 10.1. The first-order valence-corrected chi connectivity index (χ1v) is 6.85. The second-order valence-corrected chi connectivity index (χ2v) is 5.41. The van der Waals surface area contributed by atoms with Gasteiger partial charge in [0, 0.05) is 16.6 Å². The van der Waals surface area contributed by atoms with Crippen molar-refractivity contribution in [3.05, 3.63) is 62.8 Å². The third kappa shape index (κ3) is 3.49. The first-order chi connectivity index (χ1) is 9.47. The van der Waals surface area contributed by atoms with E-state index in [-0.39, 0.29) is 22.9 Å². The van der Waals surface area contributed by atoms with E-state index in [1.807, 2.05) is 0 Å². The molecule has 6 heteroatoms. The third-order valence-corrected chi connectivity index (χ3v) is 3.46. The zero-order valence-corrected chi connectivity index (χ0v) is 12.5. The molecule has 1 amide bonds. The Labute approximate surface area is 128 Å². The van der Waals surface area contributed by atoms with E-state index < -0.39 is 11.7 Å². The largest absolute Gasteiger partial charge is 0.508 e. The van der Waals surface area contributed by atoms with Crippen LogP contribution < -0.4 is 5.32 Å². The summed E-state index contributed by atoms with van der Waals surface area (Å²) in [4.78, 5) is 11.9. The number of rotatable bonds is 3. The number of halogens is 3. The number of phenols is 1. The lowest BCUT2D eigenvalue weighted by Crippen LogP contribution is -2.23. The monoisotopic (exact) mass is 357 g/mol. The minimum Gasteiger partial charge on any atom is -0.508 e. The molecule has 2 aromatic rings. The van der Waals surface area contributed by atoms with Gasteiger partial charge in [0.05, 0.1) is 10.6 Å². The Bertz CT molecular complexity index is 664. The van der Waals surface area contributed by atoms with E-state index in [4.69, 9.17) is 11.6 Å². The van der Waals surface area contributed by atoms with Crippen LogP contribution in [0.3, 0.4) is 0 Å². The average Bonchev–Trinajstić information content (AvgIpc) is 2.42. The van der Waals surface area contributed by atoms with Gasteiger partial charge in [-0.3, -0.25) is 4.79 Å². The molecule has 2 aromatic carbocycles. The van der Waals surface area contributed by atoms with Gasteiger partial charge in [-0.1, -0.05) is 27.5 Å². The van der Waals surface area contributed by atoms with Crippen molar-refractivity contribution >= 4 is 33.4 Å². The van der Waals surface area contributed by atoms with Crippen LogP contribution in [0, 0.1) is 5.82 Å². The summed E-state index contributed by atoms with van der Waals surface area (Å²) >= 11 is 9.11. The van der Waals surface area contributed by atoms with Crippen molar-refractivity contribution in [1.29, 1.82) is 0 Å². The Morgan fingerprint density at radius 3 is 2.80 bits per heavy atom. The first-order valence-electron chi connectivity index (χ1n) is 5.68. The summed E-state index contributed by atoms with van der Waals surface area (Å²) in [5.41, 5.74) is 0.492. The molecule has 2 rings (SSSR count). The number of benzene rings is 2. The molecule has 0 aliphatic carbocycles. The zero-order chi connectivity index (χ0) is 14.7. The molecule has 0 saturated carbocycles. The molecule has 104 valence electrons. The number of aromatic hydroxyl groups is 1. The van der Waals surface area contributed by atoms with Gasteiger partial charge in [-0.05, 0) is 36.4 Å². The third-order valence-electron chi connectivity index (χ3n) is 2.64. The summed E-state index contributed by atoms with van der Waals surface area (Å²) in [7, 11) is 0. The molecule has 2 N–H and O–H groups in total. The van der Waals surface area contributed by atoms with Gasteiger partial charge in [0.1, 0.15) is 11.6 Å². The van der Waals surface area contributed by atoms with Crippen molar-refractivity contribution in [3.63, 3.8) is 0 Å². The second kappa shape index (κ2) is 6.24. The summed E-state index contributed by atoms with van der Waals surface area (Å²) in [5.74, 6) is -0.950. The SMILES string of the molecule is O=C(NCc1cc(Br)ccc1F)c1cc(O)ccc1Cl. The Kier molecular flexibility index (Phi) is 4.62. The summed E-state index contributed by atoms with van der Waals surface area (Å²) in [6, 6.07) is 8.53. The Morgan fingerprint density at radius 2 is 2.05 bits per heavy atom. The van der Waals surface area contributed by atoms with Crippen molar-refractivity contribution < 1.29 is 14.3 Å². The van der Waals surface area contributed by atoms with Gasteiger partial charge >= 0.3 is 0 Å². The second-order valence-electron chi connectivity index (χ2n) is 4.08.